The van der Waals surface area contributed by atoms with Crippen molar-refractivity contribution in [1.29, 1.82) is 0 Å². The number of ether oxygens (including phenoxy) is 5. The standard InChI is InChI=1S/C37H44N4O11/c1-5-14-51-36(46)40-27-20-29(22(3)18-23(27)32(42)38-12-10-25(38)34(40)44)49-16-8-7-9-17-50-31-21-28-24(19-30(31)48-4)33(43)39-13-11-26(39)35(45)41(28)37(47)52-15-6-2/h5-6,18-21,25-26,34-35,44-45H,1-2,7-17H2,3-4H3/t25-,26-,34?,35?/m0/s1. The van der Waals surface area contributed by atoms with Crippen LogP contribution in [0.5, 0.6) is 17.2 Å². The predicted octanol–water partition coefficient (Wildman–Crippen LogP) is 3.98. The molecule has 15 heteroatoms. The number of anilines is 2. The summed E-state index contributed by atoms with van der Waals surface area (Å²) >= 11 is 0. The van der Waals surface area contributed by atoms with E-state index in [9.17, 15) is 29.4 Å². The number of amides is 4. The third-order valence-electron chi connectivity index (χ3n) is 9.77. The van der Waals surface area contributed by atoms with Crippen LogP contribution in [0.2, 0.25) is 0 Å². The Morgan fingerprint density at radius 1 is 0.750 bits per heavy atom. The zero-order valence-electron chi connectivity index (χ0n) is 29.3. The van der Waals surface area contributed by atoms with Gasteiger partial charge in [-0.25, -0.2) is 19.4 Å². The van der Waals surface area contributed by atoms with Gasteiger partial charge in [0.05, 0.1) is 54.9 Å². The zero-order chi connectivity index (χ0) is 37.1. The number of aryl methyl sites for hydroxylation is 1. The summed E-state index contributed by atoms with van der Waals surface area (Å²) in [5, 5.41) is 22.3. The maximum Gasteiger partial charge on any atom is 0.416 e. The van der Waals surface area contributed by atoms with E-state index in [1.54, 1.807) is 17.0 Å². The molecule has 0 aliphatic carbocycles. The Morgan fingerprint density at radius 2 is 1.23 bits per heavy atom. The lowest BCUT2D eigenvalue weighted by molar-refractivity contribution is -0.00339. The van der Waals surface area contributed by atoms with Crippen molar-refractivity contribution in [3.63, 3.8) is 0 Å². The molecular weight excluding hydrogens is 676 g/mol. The second-order valence-corrected chi connectivity index (χ2v) is 12.9. The van der Waals surface area contributed by atoms with Crippen molar-refractivity contribution in [2.75, 3.05) is 56.4 Å². The molecule has 2 N–H and O–H groups in total. The second kappa shape index (κ2) is 15.5. The van der Waals surface area contributed by atoms with Crippen LogP contribution in [0.4, 0.5) is 21.0 Å². The summed E-state index contributed by atoms with van der Waals surface area (Å²) in [5.41, 5.74) is 1.55. The number of hydrogen-bond donors (Lipinski definition) is 2. The number of rotatable bonds is 13. The molecule has 0 saturated carbocycles. The van der Waals surface area contributed by atoms with E-state index < -0.39 is 36.7 Å². The number of benzene rings is 2. The molecule has 4 aliphatic heterocycles. The number of carbonyl (C=O) groups excluding carboxylic acids is 4. The first kappa shape index (κ1) is 36.5. The van der Waals surface area contributed by atoms with E-state index in [1.165, 1.54) is 36.3 Å². The molecule has 2 aromatic rings. The minimum absolute atomic E-state index is 0.0525. The number of carbonyl (C=O) groups is 4. The van der Waals surface area contributed by atoms with Gasteiger partial charge in [-0.3, -0.25) is 9.59 Å². The number of hydrogen-bond acceptors (Lipinski definition) is 11. The highest BCUT2D eigenvalue weighted by Crippen LogP contribution is 2.42. The second-order valence-electron chi connectivity index (χ2n) is 12.9. The molecule has 4 aliphatic rings. The van der Waals surface area contributed by atoms with Gasteiger partial charge in [-0.2, -0.15) is 0 Å². The fourth-order valence-electron chi connectivity index (χ4n) is 6.83. The van der Waals surface area contributed by atoms with Gasteiger partial charge in [0.2, 0.25) is 0 Å². The summed E-state index contributed by atoms with van der Waals surface area (Å²) in [6.45, 7) is 10.4. The smallest absolute Gasteiger partial charge is 0.416 e. The zero-order valence-corrected chi connectivity index (χ0v) is 29.3. The molecule has 52 heavy (non-hydrogen) atoms. The molecule has 4 atom stereocenters. The molecule has 0 bridgehead atoms. The van der Waals surface area contributed by atoms with Gasteiger partial charge in [0.15, 0.2) is 24.0 Å². The maximum atomic E-state index is 13.4. The minimum Gasteiger partial charge on any atom is -0.493 e. The Hall–Kier alpha value is -5.28. The van der Waals surface area contributed by atoms with Crippen LogP contribution in [0, 0.1) is 6.92 Å². The van der Waals surface area contributed by atoms with Gasteiger partial charge in [0, 0.05) is 25.2 Å². The Bertz CT molecular complexity index is 1750. The molecule has 6 rings (SSSR count). The Balaban J connectivity index is 1.09. The quantitative estimate of drug-likeness (QED) is 0.227. The van der Waals surface area contributed by atoms with Gasteiger partial charge < -0.3 is 43.7 Å². The number of methoxy groups -OCH3 is 1. The van der Waals surface area contributed by atoms with Gasteiger partial charge >= 0.3 is 12.2 Å². The van der Waals surface area contributed by atoms with Crippen LogP contribution in [0.3, 0.4) is 0 Å². The van der Waals surface area contributed by atoms with Crippen LogP contribution in [0.25, 0.3) is 0 Å². The number of fused-ring (bicyclic) bond motifs is 4. The largest absolute Gasteiger partial charge is 0.493 e. The average Bonchev–Trinajstić information content (AvgIpc) is 3.18. The Labute approximate surface area is 301 Å². The third-order valence-corrected chi connectivity index (χ3v) is 9.77. The van der Waals surface area contributed by atoms with Gasteiger partial charge in [0.1, 0.15) is 19.0 Å². The van der Waals surface area contributed by atoms with Crippen LogP contribution in [-0.2, 0) is 9.47 Å². The first-order valence-electron chi connectivity index (χ1n) is 17.3. The molecule has 2 unspecified atom stereocenters. The van der Waals surface area contributed by atoms with Crippen LogP contribution in [0.15, 0.2) is 49.6 Å². The van der Waals surface area contributed by atoms with E-state index in [0.29, 0.717) is 74.6 Å². The molecule has 2 fully saturated rings. The summed E-state index contributed by atoms with van der Waals surface area (Å²) in [6, 6.07) is 5.20. The number of unbranched alkanes of at least 4 members (excludes halogenated alkanes) is 2. The van der Waals surface area contributed by atoms with Crippen LogP contribution in [-0.4, -0.2) is 115 Å². The van der Waals surface area contributed by atoms with Crippen LogP contribution in [0.1, 0.15) is 58.4 Å². The molecule has 4 amide bonds. The highest BCUT2D eigenvalue weighted by molar-refractivity contribution is 6.07. The fraction of sp³-hybridized carbons (Fsp3) is 0.459. The monoisotopic (exact) mass is 720 g/mol. The van der Waals surface area contributed by atoms with Crippen molar-refractivity contribution in [2.24, 2.45) is 0 Å². The third kappa shape index (κ3) is 6.73. The highest BCUT2D eigenvalue weighted by atomic mass is 16.6. The lowest BCUT2D eigenvalue weighted by atomic mass is 10.0. The molecule has 2 aromatic carbocycles. The number of aliphatic hydroxyl groups is 2. The molecule has 2 saturated heterocycles. The van der Waals surface area contributed by atoms with E-state index in [4.69, 9.17) is 23.7 Å². The predicted molar refractivity (Wildman–Crippen MR) is 188 cm³/mol. The first-order valence-corrected chi connectivity index (χ1v) is 17.3. The van der Waals surface area contributed by atoms with Gasteiger partial charge in [0.25, 0.3) is 11.8 Å². The number of nitrogens with zero attached hydrogens (tertiary/aromatic N) is 4. The van der Waals surface area contributed by atoms with Crippen molar-refractivity contribution < 1.29 is 53.1 Å². The van der Waals surface area contributed by atoms with Crippen molar-refractivity contribution in [2.45, 2.75) is 63.6 Å². The molecule has 278 valence electrons. The summed E-state index contributed by atoms with van der Waals surface area (Å²) in [4.78, 5) is 58.1. The highest BCUT2D eigenvalue weighted by Gasteiger charge is 2.48. The lowest BCUT2D eigenvalue weighted by Crippen LogP contribution is -2.60. The minimum atomic E-state index is -1.31. The van der Waals surface area contributed by atoms with E-state index >= 15 is 0 Å². The van der Waals surface area contributed by atoms with Crippen molar-refractivity contribution in [3.05, 3.63) is 66.3 Å². The van der Waals surface area contributed by atoms with Crippen molar-refractivity contribution in [3.8, 4) is 17.2 Å². The Morgan fingerprint density at radius 3 is 1.69 bits per heavy atom. The van der Waals surface area contributed by atoms with Crippen LogP contribution < -0.4 is 24.0 Å². The molecule has 15 nitrogen and oxygen atoms in total. The normalized spacial score (nSPS) is 21.5. The molecule has 0 aromatic heterocycles. The maximum absolute atomic E-state index is 13.4. The van der Waals surface area contributed by atoms with E-state index in [-0.39, 0.29) is 54.1 Å². The topological polar surface area (TPSA) is 168 Å². The molecule has 0 radical (unpaired) electrons. The fourth-order valence-corrected chi connectivity index (χ4v) is 6.83. The van der Waals surface area contributed by atoms with Gasteiger partial charge in [-0.05, 0) is 56.7 Å². The van der Waals surface area contributed by atoms with Gasteiger partial charge in [-0.1, -0.05) is 25.3 Å². The lowest BCUT2D eigenvalue weighted by Gasteiger charge is -2.43. The SMILES string of the molecule is C=CCOC(=O)N1c2cc(OCCCCCOc3cc4c(cc3OC)C(=O)N3CC[C@H]3C(O)N4C(=O)OCC=C)c(C)cc2C(=O)N2CC[C@H]2C1O. The molecular formula is C37H44N4O11. The summed E-state index contributed by atoms with van der Waals surface area (Å²) in [6.07, 6.45) is 1.71. The van der Waals surface area contributed by atoms with E-state index in [0.717, 1.165) is 9.80 Å². The molecule has 4 heterocycles. The average molecular weight is 721 g/mol. The summed E-state index contributed by atoms with van der Waals surface area (Å²) in [7, 11) is 1.46. The van der Waals surface area contributed by atoms with E-state index in [2.05, 4.69) is 13.2 Å². The summed E-state index contributed by atoms with van der Waals surface area (Å²) in [5.74, 6) is 0.470. The van der Waals surface area contributed by atoms with E-state index in [1.807, 2.05) is 6.92 Å². The number of aliphatic hydroxyl groups excluding tert-OH is 2. The first-order chi connectivity index (χ1) is 25.1. The Kier molecular flexibility index (Phi) is 10.9. The molecule has 0 spiro atoms. The van der Waals surface area contributed by atoms with Crippen LogP contribution >= 0.6 is 0 Å². The van der Waals surface area contributed by atoms with Crippen molar-refractivity contribution >= 4 is 35.4 Å². The summed E-state index contributed by atoms with van der Waals surface area (Å²) < 4.78 is 28.2. The van der Waals surface area contributed by atoms with Gasteiger partial charge in [-0.15, -0.1) is 0 Å². The van der Waals surface area contributed by atoms with Crippen molar-refractivity contribution in [1.82, 2.24) is 9.80 Å².